The lowest BCUT2D eigenvalue weighted by molar-refractivity contribution is -0.134. The Bertz CT molecular complexity index is 1030. The second-order valence-electron chi connectivity index (χ2n) is 7.39. The number of benzene rings is 2. The molecule has 1 atom stereocenters. The SMILES string of the molecule is C[C@@]1(Cc2ccc3c(c2)OCO3)NC(=O)N(CC(=O)NCc2ccccc2F)C1=O. The van der Waals surface area contributed by atoms with Crippen LogP contribution >= 0.6 is 0 Å². The number of nitrogens with one attached hydrogen (secondary N) is 2. The molecule has 8 nitrogen and oxygen atoms in total. The Morgan fingerprint density at radius 3 is 2.77 bits per heavy atom. The Kier molecular flexibility index (Phi) is 5.03. The highest BCUT2D eigenvalue weighted by Crippen LogP contribution is 2.34. The highest BCUT2D eigenvalue weighted by Gasteiger charge is 2.48. The molecule has 0 saturated carbocycles. The predicted octanol–water partition coefficient (Wildman–Crippen LogP) is 1.72. The summed E-state index contributed by atoms with van der Waals surface area (Å²) in [5.74, 6) is -0.305. The molecule has 1 saturated heterocycles. The first kappa shape index (κ1) is 19.7. The monoisotopic (exact) mass is 413 g/mol. The molecule has 4 rings (SSSR count). The number of urea groups is 1. The number of amides is 4. The molecule has 2 heterocycles. The van der Waals surface area contributed by atoms with Crippen molar-refractivity contribution in [3.05, 3.63) is 59.4 Å². The van der Waals surface area contributed by atoms with E-state index in [2.05, 4.69) is 10.6 Å². The van der Waals surface area contributed by atoms with Gasteiger partial charge >= 0.3 is 6.03 Å². The molecule has 0 radical (unpaired) electrons. The third-order valence-electron chi connectivity index (χ3n) is 5.08. The van der Waals surface area contributed by atoms with Gasteiger partial charge in [0.15, 0.2) is 11.5 Å². The van der Waals surface area contributed by atoms with E-state index in [1.807, 2.05) is 0 Å². The summed E-state index contributed by atoms with van der Waals surface area (Å²) in [6.07, 6.45) is 0.224. The van der Waals surface area contributed by atoms with E-state index in [1.165, 1.54) is 6.07 Å². The van der Waals surface area contributed by atoms with Gasteiger partial charge in [-0.3, -0.25) is 14.5 Å². The fourth-order valence-electron chi connectivity index (χ4n) is 3.50. The molecule has 0 aromatic heterocycles. The highest BCUT2D eigenvalue weighted by molar-refractivity contribution is 6.08. The van der Waals surface area contributed by atoms with Crippen LogP contribution in [0.5, 0.6) is 11.5 Å². The van der Waals surface area contributed by atoms with Gasteiger partial charge in [0.05, 0.1) is 0 Å². The number of nitrogens with zero attached hydrogens (tertiary/aromatic N) is 1. The number of rotatable bonds is 6. The van der Waals surface area contributed by atoms with Gasteiger partial charge < -0.3 is 20.1 Å². The largest absolute Gasteiger partial charge is 0.454 e. The lowest BCUT2D eigenvalue weighted by Crippen LogP contribution is -2.46. The van der Waals surface area contributed by atoms with Gasteiger partial charge in [0.25, 0.3) is 5.91 Å². The normalized spacial score (nSPS) is 19.7. The summed E-state index contributed by atoms with van der Waals surface area (Å²) in [6, 6.07) is 10.7. The number of ether oxygens (including phenoxy) is 2. The number of hydrogen-bond acceptors (Lipinski definition) is 5. The number of carbonyl (C=O) groups excluding carboxylic acids is 3. The molecule has 30 heavy (non-hydrogen) atoms. The molecule has 2 aliphatic heterocycles. The highest BCUT2D eigenvalue weighted by atomic mass is 19.1. The maximum atomic E-state index is 13.7. The molecule has 2 aromatic rings. The molecule has 2 aromatic carbocycles. The molecule has 0 unspecified atom stereocenters. The van der Waals surface area contributed by atoms with Gasteiger partial charge in [0.2, 0.25) is 12.7 Å². The first-order chi connectivity index (χ1) is 14.4. The van der Waals surface area contributed by atoms with Gasteiger partial charge in [-0.05, 0) is 30.7 Å². The maximum Gasteiger partial charge on any atom is 0.325 e. The van der Waals surface area contributed by atoms with E-state index in [0.29, 0.717) is 17.1 Å². The van der Waals surface area contributed by atoms with Gasteiger partial charge in [-0.1, -0.05) is 24.3 Å². The van der Waals surface area contributed by atoms with E-state index in [0.717, 1.165) is 10.5 Å². The van der Waals surface area contributed by atoms with Crippen LogP contribution in [0.3, 0.4) is 0 Å². The Morgan fingerprint density at radius 2 is 1.97 bits per heavy atom. The summed E-state index contributed by atoms with van der Waals surface area (Å²) in [4.78, 5) is 38.3. The molecular weight excluding hydrogens is 393 g/mol. The Morgan fingerprint density at radius 1 is 1.20 bits per heavy atom. The Hall–Kier alpha value is -3.62. The van der Waals surface area contributed by atoms with Crippen molar-refractivity contribution in [3.63, 3.8) is 0 Å². The number of hydrogen-bond donors (Lipinski definition) is 2. The molecule has 4 amide bonds. The van der Waals surface area contributed by atoms with E-state index in [1.54, 1.807) is 43.3 Å². The van der Waals surface area contributed by atoms with E-state index >= 15 is 0 Å². The van der Waals surface area contributed by atoms with Crippen molar-refractivity contribution >= 4 is 17.8 Å². The third-order valence-corrected chi connectivity index (χ3v) is 5.08. The topological polar surface area (TPSA) is 97.0 Å². The zero-order chi connectivity index (χ0) is 21.3. The number of fused-ring (bicyclic) bond motifs is 1. The van der Waals surface area contributed by atoms with Crippen LogP contribution in [0.1, 0.15) is 18.1 Å². The summed E-state index contributed by atoms with van der Waals surface area (Å²) in [6.45, 7) is 1.26. The van der Waals surface area contributed by atoms with Crippen LogP contribution < -0.4 is 20.1 Å². The van der Waals surface area contributed by atoms with Crippen molar-refractivity contribution in [1.82, 2.24) is 15.5 Å². The van der Waals surface area contributed by atoms with Gasteiger partial charge in [-0.2, -0.15) is 0 Å². The molecule has 156 valence electrons. The van der Waals surface area contributed by atoms with Crippen LogP contribution in [-0.4, -0.2) is 41.6 Å². The van der Waals surface area contributed by atoms with Crippen molar-refractivity contribution in [3.8, 4) is 11.5 Å². The van der Waals surface area contributed by atoms with Crippen molar-refractivity contribution in [2.24, 2.45) is 0 Å². The maximum absolute atomic E-state index is 13.7. The fraction of sp³-hybridized carbons (Fsp3) is 0.286. The number of carbonyl (C=O) groups is 3. The molecular formula is C21H20FN3O5. The summed E-state index contributed by atoms with van der Waals surface area (Å²) in [7, 11) is 0. The lowest BCUT2D eigenvalue weighted by atomic mass is 9.92. The number of imide groups is 1. The quantitative estimate of drug-likeness (QED) is 0.703. The zero-order valence-corrected chi connectivity index (χ0v) is 16.2. The van der Waals surface area contributed by atoms with Gasteiger partial charge in [-0.15, -0.1) is 0 Å². The summed E-state index contributed by atoms with van der Waals surface area (Å²) < 4.78 is 24.3. The molecule has 1 fully saturated rings. The van der Waals surface area contributed by atoms with E-state index < -0.39 is 35.7 Å². The minimum absolute atomic E-state index is 0.0381. The van der Waals surface area contributed by atoms with Crippen molar-refractivity contribution in [1.29, 1.82) is 0 Å². The van der Waals surface area contributed by atoms with Gasteiger partial charge in [0, 0.05) is 18.5 Å². The molecule has 2 aliphatic rings. The minimum atomic E-state index is -1.20. The molecule has 0 spiro atoms. The minimum Gasteiger partial charge on any atom is -0.454 e. The van der Waals surface area contributed by atoms with Crippen LogP contribution in [0.25, 0.3) is 0 Å². The average Bonchev–Trinajstić information content (AvgIpc) is 3.25. The van der Waals surface area contributed by atoms with Crippen LogP contribution in [0, 0.1) is 5.82 Å². The van der Waals surface area contributed by atoms with Crippen LogP contribution in [0.4, 0.5) is 9.18 Å². The fourth-order valence-corrected chi connectivity index (χ4v) is 3.50. The Labute approximate surface area is 171 Å². The molecule has 0 aliphatic carbocycles. The van der Waals surface area contributed by atoms with Crippen molar-refractivity contribution in [2.45, 2.75) is 25.4 Å². The van der Waals surface area contributed by atoms with Crippen LogP contribution in [-0.2, 0) is 22.6 Å². The van der Waals surface area contributed by atoms with Crippen molar-refractivity contribution < 1.29 is 28.2 Å². The van der Waals surface area contributed by atoms with Crippen LogP contribution in [0.15, 0.2) is 42.5 Å². The molecule has 9 heteroatoms. The predicted molar refractivity (Wildman–Crippen MR) is 103 cm³/mol. The van der Waals surface area contributed by atoms with Crippen molar-refractivity contribution in [2.75, 3.05) is 13.3 Å². The summed E-state index contributed by atoms with van der Waals surface area (Å²) in [5.41, 5.74) is -0.103. The van der Waals surface area contributed by atoms with Gasteiger partial charge in [0.1, 0.15) is 17.9 Å². The average molecular weight is 413 g/mol. The second kappa shape index (κ2) is 7.66. The third kappa shape index (κ3) is 3.78. The lowest BCUT2D eigenvalue weighted by Gasteiger charge is -2.22. The summed E-state index contributed by atoms with van der Waals surface area (Å²) in [5, 5.41) is 5.19. The standard InChI is InChI=1S/C21H20FN3O5/c1-21(9-13-6-7-16-17(8-13)30-12-29-16)19(27)25(20(28)24-21)11-18(26)23-10-14-4-2-3-5-15(14)22/h2-8H,9-12H2,1H3,(H,23,26)(H,24,28)/t21-/m0/s1. The molecule has 2 N–H and O–H groups in total. The van der Waals surface area contributed by atoms with Gasteiger partial charge in [-0.25, -0.2) is 9.18 Å². The second-order valence-corrected chi connectivity index (χ2v) is 7.39. The zero-order valence-electron chi connectivity index (χ0n) is 16.2. The number of halogens is 1. The summed E-state index contributed by atoms with van der Waals surface area (Å²) >= 11 is 0. The van der Waals surface area contributed by atoms with E-state index in [4.69, 9.17) is 9.47 Å². The first-order valence-corrected chi connectivity index (χ1v) is 9.38. The smallest absolute Gasteiger partial charge is 0.325 e. The first-order valence-electron chi connectivity index (χ1n) is 9.38. The molecule has 0 bridgehead atoms. The Balaban J connectivity index is 1.39. The van der Waals surface area contributed by atoms with E-state index in [9.17, 15) is 18.8 Å². The van der Waals surface area contributed by atoms with E-state index in [-0.39, 0.29) is 19.8 Å². The van der Waals surface area contributed by atoms with Crippen LogP contribution in [0.2, 0.25) is 0 Å².